The van der Waals surface area contributed by atoms with E-state index in [1.54, 1.807) is 24.3 Å². The fraction of sp³-hybridized carbons (Fsp3) is 0.467. The Labute approximate surface area is 118 Å². The Morgan fingerprint density at radius 2 is 2.25 bits per heavy atom. The molecule has 1 aliphatic rings. The van der Waals surface area contributed by atoms with Crippen LogP contribution in [0.25, 0.3) is 0 Å². The van der Waals surface area contributed by atoms with Crippen LogP contribution in [0.1, 0.15) is 30.1 Å². The van der Waals surface area contributed by atoms with Gasteiger partial charge >= 0.3 is 0 Å². The van der Waals surface area contributed by atoms with Crippen LogP contribution in [-0.2, 0) is 4.79 Å². The zero-order chi connectivity index (χ0) is 14.5. The second kappa shape index (κ2) is 6.52. The average molecular weight is 276 g/mol. The molecule has 0 bridgehead atoms. The summed E-state index contributed by atoms with van der Waals surface area (Å²) in [5.41, 5.74) is 1.22. The number of benzene rings is 1. The number of likely N-dealkylation sites (tertiary alicyclic amines) is 1. The minimum atomic E-state index is -0.154. The van der Waals surface area contributed by atoms with E-state index >= 15 is 0 Å². The monoisotopic (exact) mass is 276 g/mol. The van der Waals surface area contributed by atoms with E-state index in [1.807, 2.05) is 4.90 Å². The van der Waals surface area contributed by atoms with Crippen molar-refractivity contribution in [2.24, 2.45) is 5.92 Å². The highest BCUT2D eigenvalue weighted by Gasteiger charge is 2.26. The predicted molar refractivity (Wildman–Crippen MR) is 76.5 cm³/mol. The van der Waals surface area contributed by atoms with E-state index in [0.29, 0.717) is 23.7 Å². The summed E-state index contributed by atoms with van der Waals surface area (Å²) < 4.78 is 0. The van der Waals surface area contributed by atoms with Crippen molar-refractivity contribution < 1.29 is 14.7 Å². The van der Waals surface area contributed by atoms with Crippen molar-refractivity contribution in [2.75, 3.05) is 25.0 Å². The van der Waals surface area contributed by atoms with E-state index in [-0.39, 0.29) is 18.4 Å². The fourth-order valence-electron chi connectivity index (χ4n) is 2.55. The largest absolute Gasteiger partial charge is 0.396 e. The molecule has 0 saturated carbocycles. The fourth-order valence-corrected chi connectivity index (χ4v) is 2.55. The minimum Gasteiger partial charge on any atom is -0.396 e. The number of nitrogens with zero attached hydrogens (tertiary/aromatic N) is 1. The molecule has 108 valence electrons. The summed E-state index contributed by atoms with van der Waals surface area (Å²) in [6.45, 7) is 3.04. The van der Waals surface area contributed by atoms with Crippen LogP contribution in [0.4, 0.5) is 5.69 Å². The standard InChI is InChI=1S/C15H20N2O3/c1-11(19)16-14-4-2-3-13(9-14)15(20)17-7-5-12(10-17)6-8-18/h2-4,9,12,18H,5-8,10H2,1H3,(H,16,19). The van der Waals surface area contributed by atoms with E-state index in [4.69, 9.17) is 5.11 Å². The van der Waals surface area contributed by atoms with Gasteiger partial charge in [-0.05, 0) is 37.0 Å². The molecule has 5 nitrogen and oxygen atoms in total. The first kappa shape index (κ1) is 14.5. The lowest BCUT2D eigenvalue weighted by molar-refractivity contribution is -0.114. The summed E-state index contributed by atoms with van der Waals surface area (Å²) in [7, 11) is 0. The average Bonchev–Trinajstić information content (AvgIpc) is 2.86. The Balaban J connectivity index is 2.04. The highest BCUT2D eigenvalue weighted by molar-refractivity contribution is 5.96. The van der Waals surface area contributed by atoms with Crippen molar-refractivity contribution in [3.8, 4) is 0 Å². The molecule has 0 radical (unpaired) electrons. The highest BCUT2D eigenvalue weighted by atomic mass is 16.3. The lowest BCUT2D eigenvalue weighted by Crippen LogP contribution is -2.28. The molecular weight excluding hydrogens is 256 g/mol. The number of rotatable bonds is 4. The van der Waals surface area contributed by atoms with E-state index in [1.165, 1.54) is 6.92 Å². The number of hydrogen-bond donors (Lipinski definition) is 2. The van der Waals surface area contributed by atoms with E-state index in [0.717, 1.165) is 19.4 Å². The van der Waals surface area contributed by atoms with Crippen molar-refractivity contribution in [2.45, 2.75) is 19.8 Å². The van der Waals surface area contributed by atoms with Crippen LogP contribution in [-0.4, -0.2) is 41.5 Å². The third-order valence-corrected chi connectivity index (χ3v) is 3.54. The molecule has 1 fully saturated rings. The molecule has 20 heavy (non-hydrogen) atoms. The van der Waals surface area contributed by atoms with E-state index < -0.39 is 0 Å². The zero-order valence-corrected chi connectivity index (χ0v) is 11.6. The molecule has 0 spiro atoms. The predicted octanol–water partition coefficient (Wildman–Crippen LogP) is 1.49. The lowest BCUT2D eigenvalue weighted by atomic mass is 10.1. The van der Waals surface area contributed by atoms with Crippen LogP contribution >= 0.6 is 0 Å². The van der Waals surface area contributed by atoms with Gasteiger partial charge in [0.2, 0.25) is 5.91 Å². The molecule has 2 rings (SSSR count). The van der Waals surface area contributed by atoms with Crippen molar-refractivity contribution in [1.29, 1.82) is 0 Å². The normalized spacial score (nSPS) is 18.1. The van der Waals surface area contributed by atoms with Crippen LogP contribution in [0, 0.1) is 5.92 Å². The molecule has 1 aromatic rings. The van der Waals surface area contributed by atoms with Crippen molar-refractivity contribution >= 4 is 17.5 Å². The van der Waals surface area contributed by atoms with Gasteiger partial charge in [-0.1, -0.05) is 6.07 Å². The maximum absolute atomic E-state index is 12.4. The van der Waals surface area contributed by atoms with Gasteiger partial charge in [0.25, 0.3) is 5.91 Å². The van der Waals surface area contributed by atoms with Crippen molar-refractivity contribution in [3.05, 3.63) is 29.8 Å². The number of carbonyl (C=O) groups is 2. The first-order chi connectivity index (χ1) is 9.60. The smallest absolute Gasteiger partial charge is 0.253 e. The summed E-state index contributed by atoms with van der Waals surface area (Å²) >= 11 is 0. The van der Waals surface area contributed by atoms with Crippen molar-refractivity contribution in [3.63, 3.8) is 0 Å². The summed E-state index contributed by atoms with van der Waals surface area (Å²) in [6, 6.07) is 6.98. The van der Waals surface area contributed by atoms with Crippen LogP contribution in [0.3, 0.4) is 0 Å². The van der Waals surface area contributed by atoms with Gasteiger partial charge in [-0.3, -0.25) is 9.59 Å². The third-order valence-electron chi connectivity index (χ3n) is 3.54. The topological polar surface area (TPSA) is 69.6 Å². The number of amides is 2. The lowest BCUT2D eigenvalue weighted by Gasteiger charge is -2.17. The molecule has 2 amide bonds. The van der Waals surface area contributed by atoms with Crippen LogP contribution < -0.4 is 5.32 Å². The van der Waals surface area contributed by atoms with Gasteiger partial charge in [-0.25, -0.2) is 0 Å². The van der Waals surface area contributed by atoms with Gasteiger partial charge in [0.05, 0.1) is 0 Å². The molecule has 2 N–H and O–H groups in total. The number of aliphatic hydroxyl groups is 1. The van der Waals surface area contributed by atoms with Gasteiger partial charge in [0.1, 0.15) is 0 Å². The van der Waals surface area contributed by atoms with Crippen molar-refractivity contribution in [1.82, 2.24) is 4.90 Å². The molecule has 1 heterocycles. The third kappa shape index (κ3) is 3.57. The Morgan fingerprint density at radius 3 is 2.95 bits per heavy atom. The van der Waals surface area contributed by atoms with Crippen LogP contribution in [0.2, 0.25) is 0 Å². The maximum atomic E-state index is 12.4. The first-order valence-electron chi connectivity index (χ1n) is 6.88. The molecule has 1 atom stereocenters. The van der Waals surface area contributed by atoms with Gasteiger partial charge in [0.15, 0.2) is 0 Å². The van der Waals surface area contributed by atoms with Gasteiger partial charge in [-0.15, -0.1) is 0 Å². The Kier molecular flexibility index (Phi) is 4.74. The van der Waals surface area contributed by atoms with Crippen LogP contribution in [0.5, 0.6) is 0 Å². The molecule has 0 aromatic heterocycles. The molecule has 1 aromatic carbocycles. The number of hydrogen-bond acceptors (Lipinski definition) is 3. The number of anilines is 1. The second-order valence-corrected chi connectivity index (χ2v) is 5.18. The molecule has 1 unspecified atom stereocenters. The molecule has 5 heteroatoms. The van der Waals surface area contributed by atoms with Gasteiger partial charge < -0.3 is 15.3 Å². The summed E-state index contributed by atoms with van der Waals surface area (Å²) in [6.07, 6.45) is 1.69. The summed E-state index contributed by atoms with van der Waals surface area (Å²) in [5.74, 6) is 0.221. The Morgan fingerprint density at radius 1 is 1.45 bits per heavy atom. The number of aliphatic hydroxyl groups excluding tert-OH is 1. The van der Waals surface area contributed by atoms with Crippen LogP contribution in [0.15, 0.2) is 24.3 Å². The second-order valence-electron chi connectivity index (χ2n) is 5.18. The summed E-state index contributed by atoms with van der Waals surface area (Å²) in [4.78, 5) is 25.2. The van der Waals surface area contributed by atoms with Gasteiger partial charge in [-0.2, -0.15) is 0 Å². The summed E-state index contributed by atoms with van der Waals surface area (Å²) in [5, 5.41) is 11.6. The van der Waals surface area contributed by atoms with E-state index in [9.17, 15) is 9.59 Å². The first-order valence-corrected chi connectivity index (χ1v) is 6.88. The SMILES string of the molecule is CC(=O)Nc1cccc(C(=O)N2CCC(CCO)C2)c1. The number of nitrogens with one attached hydrogen (secondary N) is 1. The van der Waals surface area contributed by atoms with E-state index in [2.05, 4.69) is 5.32 Å². The molecule has 1 saturated heterocycles. The minimum absolute atomic E-state index is 0.0161. The van der Waals surface area contributed by atoms with Gasteiger partial charge in [0, 0.05) is 37.9 Å². The molecule has 1 aliphatic heterocycles. The number of carbonyl (C=O) groups excluding carboxylic acids is 2. The Bertz CT molecular complexity index is 502. The zero-order valence-electron chi connectivity index (χ0n) is 11.6. The highest BCUT2D eigenvalue weighted by Crippen LogP contribution is 2.22. The quantitative estimate of drug-likeness (QED) is 0.875. The maximum Gasteiger partial charge on any atom is 0.253 e. The Hall–Kier alpha value is -1.88. The molecular formula is C15H20N2O3. The molecule has 0 aliphatic carbocycles.